The summed E-state index contributed by atoms with van der Waals surface area (Å²) in [6, 6.07) is 9.62. The van der Waals surface area contributed by atoms with Gasteiger partial charge in [0.05, 0.1) is 0 Å². The van der Waals surface area contributed by atoms with E-state index < -0.39 is 0 Å². The number of hydrogen-bond donors (Lipinski definition) is 2. The average Bonchev–Trinajstić information content (AvgIpc) is 2.47. The minimum absolute atomic E-state index is 0.211. The fourth-order valence-electron chi connectivity index (χ4n) is 3.00. The van der Waals surface area contributed by atoms with E-state index in [0.29, 0.717) is 12.6 Å². The van der Waals surface area contributed by atoms with E-state index >= 15 is 0 Å². The maximum absolute atomic E-state index is 8.96. The summed E-state index contributed by atoms with van der Waals surface area (Å²) in [7, 11) is 0. The van der Waals surface area contributed by atoms with Crippen molar-refractivity contribution < 1.29 is 5.11 Å². The van der Waals surface area contributed by atoms with E-state index in [4.69, 9.17) is 5.11 Å². The minimum Gasteiger partial charge on any atom is -0.396 e. The number of rotatable bonds is 5. The molecule has 1 aliphatic heterocycles. The van der Waals surface area contributed by atoms with Crippen LogP contribution in [0.25, 0.3) is 0 Å². The van der Waals surface area contributed by atoms with Gasteiger partial charge in [-0.3, -0.25) is 0 Å². The number of benzene rings is 1. The van der Waals surface area contributed by atoms with Crippen LogP contribution in [0.4, 0.5) is 5.69 Å². The number of aliphatic hydroxyl groups is 1. The molecule has 118 valence electrons. The molecule has 0 bridgehead atoms. The van der Waals surface area contributed by atoms with Crippen LogP contribution in [0.2, 0.25) is 0 Å². The van der Waals surface area contributed by atoms with Gasteiger partial charge in [0, 0.05) is 38.0 Å². The van der Waals surface area contributed by atoms with E-state index in [9.17, 15) is 0 Å². The van der Waals surface area contributed by atoms with Crippen LogP contribution in [0.5, 0.6) is 0 Å². The van der Waals surface area contributed by atoms with Crippen molar-refractivity contribution in [2.45, 2.75) is 51.5 Å². The summed E-state index contributed by atoms with van der Waals surface area (Å²) in [5, 5.41) is 12.4. The minimum atomic E-state index is 0.211. The predicted molar refractivity (Wildman–Crippen MR) is 90.1 cm³/mol. The van der Waals surface area contributed by atoms with Crippen molar-refractivity contribution in [1.29, 1.82) is 0 Å². The quantitative estimate of drug-likeness (QED) is 0.819. The van der Waals surface area contributed by atoms with E-state index in [-0.39, 0.29) is 5.41 Å². The van der Waals surface area contributed by atoms with E-state index in [1.54, 1.807) is 0 Å². The number of unbranched alkanes of at least 4 members (excludes halogenated alkanes) is 1. The van der Waals surface area contributed by atoms with Gasteiger partial charge in [-0.25, -0.2) is 0 Å². The second kappa shape index (κ2) is 7.28. The van der Waals surface area contributed by atoms with Crippen LogP contribution >= 0.6 is 0 Å². The van der Waals surface area contributed by atoms with Crippen LogP contribution in [0, 0.1) is 0 Å². The molecule has 0 saturated carbocycles. The zero-order valence-corrected chi connectivity index (χ0v) is 13.7. The highest BCUT2D eigenvalue weighted by molar-refractivity contribution is 5.50. The van der Waals surface area contributed by atoms with Crippen LogP contribution in [0.3, 0.4) is 0 Å². The lowest BCUT2D eigenvalue weighted by Gasteiger charge is -2.38. The summed E-state index contributed by atoms with van der Waals surface area (Å²) >= 11 is 0. The number of anilines is 1. The summed E-state index contributed by atoms with van der Waals surface area (Å²) in [6.07, 6.45) is 3.15. The molecule has 0 spiro atoms. The van der Waals surface area contributed by atoms with Crippen LogP contribution < -0.4 is 10.2 Å². The van der Waals surface area contributed by atoms with Crippen molar-refractivity contribution in [3.8, 4) is 0 Å². The van der Waals surface area contributed by atoms with Crippen LogP contribution in [-0.4, -0.2) is 37.4 Å². The van der Waals surface area contributed by atoms with Gasteiger partial charge in [-0.1, -0.05) is 32.9 Å². The molecule has 21 heavy (non-hydrogen) atoms. The zero-order chi connectivity index (χ0) is 15.3. The first-order valence-corrected chi connectivity index (χ1v) is 8.21. The highest BCUT2D eigenvalue weighted by Crippen LogP contribution is 2.27. The van der Waals surface area contributed by atoms with Gasteiger partial charge in [-0.05, 0) is 42.4 Å². The lowest BCUT2D eigenvalue weighted by atomic mass is 9.87. The Morgan fingerprint density at radius 3 is 2.52 bits per heavy atom. The van der Waals surface area contributed by atoms with E-state index in [0.717, 1.165) is 38.9 Å². The number of piperazine rings is 1. The maximum atomic E-state index is 8.96. The summed E-state index contributed by atoms with van der Waals surface area (Å²) in [4.78, 5) is 2.53. The summed E-state index contributed by atoms with van der Waals surface area (Å²) < 4.78 is 0. The highest BCUT2D eigenvalue weighted by Gasteiger charge is 2.22. The maximum Gasteiger partial charge on any atom is 0.0431 e. The molecule has 2 rings (SSSR count). The van der Waals surface area contributed by atoms with Crippen molar-refractivity contribution in [2.24, 2.45) is 0 Å². The third-order valence-electron chi connectivity index (χ3n) is 4.36. The number of nitrogens with one attached hydrogen (secondary N) is 1. The molecular weight excluding hydrogens is 260 g/mol. The first-order valence-electron chi connectivity index (χ1n) is 8.21. The van der Waals surface area contributed by atoms with Gasteiger partial charge >= 0.3 is 0 Å². The Kier molecular flexibility index (Phi) is 5.65. The predicted octanol–water partition coefficient (Wildman–Crippen LogP) is 2.92. The van der Waals surface area contributed by atoms with Gasteiger partial charge in [0.2, 0.25) is 0 Å². The second-order valence-electron chi connectivity index (χ2n) is 7.07. The smallest absolute Gasteiger partial charge is 0.0431 e. The lowest BCUT2D eigenvalue weighted by molar-refractivity contribution is 0.279. The third-order valence-corrected chi connectivity index (χ3v) is 4.36. The Morgan fingerprint density at radius 1 is 1.19 bits per heavy atom. The van der Waals surface area contributed by atoms with Crippen molar-refractivity contribution >= 4 is 5.69 Å². The summed E-state index contributed by atoms with van der Waals surface area (Å²) in [5.74, 6) is 0. The molecule has 1 aliphatic rings. The zero-order valence-electron chi connectivity index (χ0n) is 13.7. The summed E-state index contributed by atoms with van der Waals surface area (Å²) in [6.45, 7) is 10.2. The fourth-order valence-corrected chi connectivity index (χ4v) is 3.00. The number of nitrogens with zero attached hydrogens (tertiary/aromatic N) is 1. The third kappa shape index (κ3) is 4.45. The molecule has 1 atom stereocenters. The Morgan fingerprint density at radius 2 is 1.90 bits per heavy atom. The van der Waals surface area contributed by atoms with Gasteiger partial charge < -0.3 is 15.3 Å². The van der Waals surface area contributed by atoms with Crippen LogP contribution in [-0.2, 0) is 5.41 Å². The SMILES string of the molecule is CC(C)(C)c1ccc(N2CCNCC2CCCCO)cc1. The number of aliphatic hydroxyl groups excluding tert-OH is 1. The average molecular weight is 290 g/mol. The Bertz CT molecular complexity index is 422. The van der Waals surface area contributed by atoms with E-state index in [1.165, 1.54) is 11.3 Å². The monoisotopic (exact) mass is 290 g/mol. The molecule has 0 aliphatic carbocycles. The van der Waals surface area contributed by atoms with Gasteiger partial charge in [-0.2, -0.15) is 0 Å². The topological polar surface area (TPSA) is 35.5 Å². The molecule has 1 aromatic rings. The van der Waals surface area contributed by atoms with Gasteiger partial charge in [0.25, 0.3) is 0 Å². The molecule has 1 unspecified atom stereocenters. The molecule has 1 fully saturated rings. The van der Waals surface area contributed by atoms with E-state index in [1.807, 2.05) is 0 Å². The Hall–Kier alpha value is -1.06. The molecule has 3 nitrogen and oxygen atoms in total. The molecular formula is C18H30N2O. The van der Waals surface area contributed by atoms with Crippen molar-refractivity contribution in [1.82, 2.24) is 5.32 Å². The molecule has 1 heterocycles. The van der Waals surface area contributed by atoms with Crippen molar-refractivity contribution in [3.05, 3.63) is 29.8 Å². The fraction of sp³-hybridized carbons (Fsp3) is 0.667. The molecule has 2 N–H and O–H groups in total. The lowest BCUT2D eigenvalue weighted by Crippen LogP contribution is -2.51. The van der Waals surface area contributed by atoms with Gasteiger partial charge in [0.15, 0.2) is 0 Å². The first-order chi connectivity index (χ1) is 10.0. The van der Waals surface area contributed by atoms with Crippen LogP contribution in [0.1, 0.15) is 45.6 Å². The molecule has 0 aromatic heterocycles. The summed E-state index contributed by atoms with van der Waals surface area (Å²) in [5.41, 5.74) is 2.93. The van der Waals surface area contributed by atoms with Gasteiger partial charge in [-0.15, -0.1) is 0 Å². The second-order valence-corrected chi connectivity index (χ2v) is 7.07. The largest absolute Gasteiger partial charge is 0.396 e. The molecule has 1 saturated heterocycles. The number of hydrogen-bond acceptors (Lipinski definition) is 3. The van der Waals surface area contributed by atoms with Crippen LogP contribution in [0.15, 0.2) is 24.3 Å². The first kappa shape index (κ1) is 16.3. The highest BCUT2D eigenvalue weighted by atomic mass is 16.2. The molecule has 3 heteroatoms. The molecule has 0 amide bonds. The van der Waals surface area contributed by atoms with E-state index in [2.05, 4.69) is 55.3 Å². The molecule has 0 radical (unpaired) electrons. The normalized spacial score (nSPS) is 19.8. The molecule has 1 aromatic carbocycles. The van der Waals surface area contributed by atoms with Crippen molar-refractivity contribution in [2.75, 3.05) is 31.1 Å². The van der Waals surface area contributed by atoms with Gasteiger partial charge in [0.1, 0.15) is 0 Å². The Balaban J connectivity index is 2.06. The Labute approximate surface area is 129 Å². The van der Waals surface area contributed by atoms with Crippen molar-refractivity contribution in [3.63, 3.8) is 0 Å². The standard InChI is InChI=1S/C18H30N2O/c1-18(2,3)15-7-9-16(10-8-15)20-12-11-19-14-17(20)6-4-5-13-21/h7-10,17,19,21H,4-6,11-14H2,1-3H3.